The lowest BCUT2D eigenvalue weighted by molar-refractivity contribution is -0.432. The number of rotatable bonds is 21. The van der Waals surface area contributed by atoms with Gasteiger partial charge in [0.2, 0.25) is 17.8 Å². The summed E-state index contributed by atoms with van der Waals surface area (Å²) in [5, 5.41) is 89.5. The first kappa shape index (κ1) is 43.1. The molecule has 0 bridgehead atoms. The molecule has 1 heterocycles. The monoisotopic (exact) mass is 869 g/mol. The zero-order valence-electron chi connectivity index (χ0n) is 29.8. The highest BCUT2D eigenvalue weighted by Gasteiger charge is 2.18. The van der Waals surface area contributed by atoms with E-state index in [1.807, 2.05) is 0 Å². The Kier molecular flexibility index (Phi) is 15.7. The fourth-order valence-electron chi connectivity index (χ4n) is 5.34. The van der Waals surface area contributed by atoms with Gasteiger partial charge in [-0.1, -0.05) is 33.3 Å². The largest absolute Gasteiger partial charge is 0.505 e. The Bertz CT molecular complexity index is 2390. The Morgan fingerprint density at radius 1 is 0.661 bits per heavy atom. The minimum Gasteiger partial charge on any atom is -0.505 e. The maximum Gasteiger partial charge on any atom is 0.255 e. The lowest BCUT2D eigenvalue weighted by Crippen LogP contribution is -2.15. The summed E-state index contributed by atoms with van der Waals surface area (Å²) in [6.45, 7) is 0.145. The molecule has 0 radical (unpaired) electrons. The molecule has 6 rings (SSSR count). The lowest BCUT2D eigenvalue weighted by Gasteiger charge is -2.12. The van der Waals surface area contributed by atoms with E-state index in [1.54, 1.807) is 78.9 Å². The Hall–Kier alpha value is -5.49. The van der Waals surface area contributed by atoms with Crippen LogP contribution in [0.5, 0.6) is 5.75 Å². The number of phenolic OH excluding ortho intramolecular Hbond substituents is 1. The number of phenols is 1. The number of hydrogen-bond acceptors (Lipinski definition) is 24. The summed E-state index contributed by atoms with van der Waals surface area (Å²) in [7, 11) is 0. The van der Waals surface area contributed by atoms with Gasteiger partial charge in [0, 0.05) is 45.7 Å². The van der Waals surface area contributed by atoms with Gasteiger partial charge < -0.3 is 36.6 Å². The number of anilines is 5. The van der Waals surface area contributed by atoms with Crippen LogP contribution < -0.4 is 21.3 Å². The van der Waals surface area contributed by atoms with Crippen LogP contribution in [0.1, 0.15) is 10.4 Å². The molecule has 0 saturated carbocycles. The number of nitrogens with zero attached hydrogens (tertiary/aromatic N) is 5. The topological polar surface area (TPSA) is 305 Å². The first-order valence-electron chi connectivity index (χ1n) is 16.7. The van der Waals surface area contributed by atoms with Crippen molar-refractivity contribution in [1.29, 1.82) is 0 Å². The maximum absolute atomic E-state index is 13.3. The zero-order valence-corrected chi connectivity index (χ0v) is 32.3. The third-order valence-electron chi connectivity index (χ3n) is 7.80. The van der Waals surface area contributed by atoms with Crippen LogP contribution in [0.2, 0.25) is 0 Å². The van der Waals surface area contributed by atoms with Gasteiger partial charge in [0.1, 0.15) is 11.4 Å². The Labute approximate surface area is 344 Å². The molecule has 0 spiro atoms. The highest BCUT2D eigenvalue weighted by molar-refractivity contribution is 7.95. The summed E-state index contributed by atoms with van der Waals surface area (Å²) in [6, 6.07) is 21.1. The smallest absolute Gasteiger partial charge is 0.255 e. The Morgan fingerprint density at radius 2 is 1.29 bits per heavy atom. The molecule has 0 fully saturated rings. The van der Waals surface area contributed by atoms with Crippen molar-refractivity contribution in [2.24, 2.45) is 10.2 Å². The predicted octanol–water partition coefficient (Wildman–Crippen LogP) is 7.39. The molecule has 308 valence electrons. The van der Waals surface area contributed by atoms with E-state index in [4.69, 9.17) is 30.3 Å². The van der Waals surface area contributed by atoms with Crippen molar-refractivity contribution < 1.29 is 64.0 Å². The molecule has 0 saturated heterocycles. The number of aromatic hydroxyl groups is 1. The van der Waals surface area contributed by atoms with Crippen molar-refractivity contribution >= 4 is 104 Å². The summed E-state index contributed by atoms with van der Waals surface area (Å²) in [5.74, 6) is -0.197. The molecule has 59 heavy (non-hydrogen) atoms. The van der Waals surface area contributed by atoms with Crippen molar-refractivity contribution in [1.82, 2.24) is 15.0 Å². The summed E-state index contributed by atoms with van der Waals surface area (Å²) in [4.78, 5) is 27.0. The van der Waals surface area contributed by atoms with Crippen LogP contribution in [0, 0.1) is 0 Å². The Balaban J connectivity index is 1.23. The molecule has 10 N–H and O–H groups in total. The molecule has 1 amide bonds. The number of azo groups is 1. The number of amides is 1. The Morgan fingerprint density at radius 3 is 1.97 bits per heavy atom. The van der Waals surface area contributed by atoms with Crippen LogP contribution in [-0.2, 0) is 28.1 Å². The van der Waals surface area contributed by atoms with E-state index in [-0.39, 0.29) is 66.2 Å². The van der Waals surface area contributed by atoms with E-state index in [0.717, 1.165) is 12.0 Å². The summed E-state index contributed by atoms with van der Waals surface area (Å²) >= 11 is 1.87. The summed E-state index contributed by atoms with van der Waals surface area (Å²) in [6.07, 6.45) is 0. The minimum absolute atomic E-state index is 0.0781. The van der Waals surface area contributed by atoms with Crippen LogP contribution in [0.15, 0.2) is 104 Å². The second-order valence-corrected chi connectivity index (χ2v) is 13.6. The number of hydrogen-bond donors (Lipinski definition) is 10. The molecule has 1 aromatic heterocycles. The molecule has 0 unspecified atom stereocenters. The number of nitrogens with one attached hydrogen (secondary N) is 4. The van der Waals surface area contributed by atoms with Gasteiger partial charge in [-0.25, -0.2) is 15.8 Å². The van der Waals surface area contributed by atoms with Crippen molar-refractivity contribution in [3.63, 3.8) is 0 Å². The average Bonchev–Trinajstić information content (AvgIpc) is 3.25. The molecule has 6 aromatic rings. The molecular weight excluding hydrogens is 839 g/mol. The van der Waals surface area contributed by atoms with Gasteiger partial charge >= 0.3 is 0 Å². The summed E-state index contributed by atoms with van der Waals surface area (Å²) < 4.78 is 14.0. The van der Waals surface area contributed by atoms with E-state index in [0.29, 0.717) is 72.4 Å². The number of aliphatic hydroxyl groups excluding tert-OH is 2. The van der Waals surface area contributed by atoms with Gasteiger partial charge in [0.15, 0.2) is 5.75 Å². The van der Waals surface area contributed by atoms with E-state index >= 15 is 0 Å². The normalized spacial score (nSPS) is 11.4. The first-order valence-corrected chi connectivity index (χ1v) is 18.9. The second kappa shape index (κ2) is 21.5. The number of fused-ring (bicyclic) bond motifs is 2. The lowest BCUT2D eigenvalue weighted by atomic mass is 10.1. The number of aliphatic hydroxyl groups is 2. The van der Waals surface area contributed by atoms with Gasteiger partial charge in [-0.15, -0.1) is 23.2 Å². The average molecular weight is 870 g/mol. The molecule has 5 aromatic carbocycles. The molecule has 0 atom stereocenters. The highest BCUT2D eigenvalue weighted by Crippen LogP contribution is 2.46. The molecular formula is C34H31N9O13S3. The quantitative estimate of drug-likeness (QED) is 0.0146. The SMILES string of the molecule is O=C(Nc1ccc2c(O)c(N=Nc3ccc4c(SOOO)cccc4c3SOOO)c(SOOO)cc2c1)c1ccc(Nc2nc(NCCO)nc(NCCO)n2)cc1. The molecule has 25 heteroatoms. The molecule has 0 aliphatic carbocycles. The van der Waals surface area contributed by atoms with Gasteiger partial charge in [0.05, 0.1) is 59.1 Å². The molecule has 0 aliphatic rings. The van der Waals surface area contributed by atoms with E-state index in [1.165, 1.54) is 0 Å². The fraction of sp³-hybridized carbons (Fsp3) is 0.118. The molecule has 22 nitrogen and oxygen atoms in total. The van der Waals surface area contributed by atoms with Gasteiger partial charge in [0.25, 0.3) is 5.91 Å². The van der Waals surface area contributed by atoms with Crippen molar-refractivity contribution in [2.45, 2.75) is 14.7 Å². The van der Waals surface area contributed by atoms with Crippen LogP contribution in [0.3, 0.4) is 0 Å². The standard InChI is InChI=1S/C34H31N9O13S3/c44-14-12-35-32-39-33(36-13-15-45)41-34(40-32)38-20-6-4-18(5-7-20)31(47)37-21-8-9-22-19(16-21)17-27(58-55-52-49)28(29(22)46)43-42-25-11-10-23-24(30(25)59-56-53-50)2-1-3-26(23)57-54-51-48/h1-11,16-17,44-46,48-50H,12-15H2,(H,37,47)(H3,35,36,38,39,40,41). The van der Waals surface area contributed by atoms with Gasteiger partial charge in [-0.3, -0.25) is 4.79 Å². The van der Waals surface area contributed by atoms with Crippen molar-refractivity contribution in [3.05, 3.63) is 84.4 Å². The van der Waals surface area contributed by atoms with Crippen LogP contribution in [0.25, 0.3) is 21.5 Å². The van der Waals surface area contributed by atoms with Crippen molar-refractivity contribution in [2.75, 3.05) is 47.6 Å². The van der Waals surface area contributed by atoms with Crippen LogP contribution in [0.4, 0.5) is 40.6 Å². The fourth-order valence-corrected chi connectivity index (χ4v) is 6.90. The van der Waals surface area contributed by atoms with E-state index < -0.39 is 5.91 Å². The molecule has 0 aliphatic heterocycles. The third-order valence-corrected chi connectivity index (χ3v) is 9.81. The van der Waals surface area contributed by atoms with Crippen LogP contribution >= 0.6 is 36.1 Å². The third kappa shape index (κ3) is 11.2. The highest BCUT2D eigenvalue weighted by atomic mass is 32.2. The number of carbonyl (C=O) groups excluding carboxylic acids is 1. The number of carbonyl (C=O) groups is 1. The minimum atomic E-state index is -0.442. The number of aromatic nitrogens is 3. The van der Waals surface area contributed by atoms with E-state index in [9.17, 15) is 9.90 Å². The number of benzene rings is 5. The maximum atomic E-state index is 13.3. The summed E-state index contributed by atoms with van der Waals surface area (Å²) in [5.41, 5.74) is 1.38. The van der Waals surface area contributed by atoms with Crippen molar-refractivity contribution in [3.8, 4) is 5.75 Å². The van der Waals surface area contributed by atoms with E-state index in [2.05, 4.69) is 70.2 Å². The predicted molar refractivity (Wildman–Crippen MR) is 214 cm³/mol. The second-order valence-electron chi connectivity index (χ2n) is 11.4. The first-order chi connectivity index (χ1) is 28.8. The van der Waals surface area contributed by atoms with Gasteiger partial charge in [-0.05, 0) is 71.4 Å². The van der Waals surface area contributed by atoms with Crippen LogP contribution in [-0.4, -0.2) is 78.3 Å². The van der Waals surface area contributed by atoms with Gasteiger partial charge in [-0.2, -0.15) is 15.0 Å². The zero-order chi connectivity index (χ0) is 41.6.